The maximum atomic E-state index is 12.6. The molecular formula is C20H26N2O3. The summed E-state index contributed by atoms with van der Waals surface area (Å²) < 4.78 is 0. The Morgan fingerprint density at radius 2 is 1.72 bits per heavy atom. The number of amides is 3. The second-order valence-corrected chi connectivity index (χ2v) is 7.56. The molecule has 5 heteroatoms. The number of nitrogens with one attached hydrogen (secondary N) is 1. The molecule has 1 fully saturated rings. The van der Waals surface area contributed by atoms with Crippen molar-refractivity contribution >= 4 is 17.7 Å². The molecule has 1 aromatic rings. The van der Waals surface area contributed by atoms with E-state index in [9.17, 15) is 14.4 Å². The molecule has 3 amide bonds. The molecule has 1 heterocycles. The smallest absolute Gasteiger partial charge is 0.261 e. The summed E-state index contributed by atoms with van der Waals surface area (Å²) in [6.07, 6.45) is 3.78. The van der Waals surface area contributed by atoms with E-state index in [-0.39, 0.29) is 29.6 Å². The standard InChI is InChI=1S/C20H26N2O3/c1-13(2)11-21-18(23)15-8-4-3-7-14(15)12-22-19(24)16-9-5-6-10-17(16)20(22)25/h5-6,9-10,13-15H,3-4,7-8,11-12H2,1-2H3,(H,21,23). The van der Waals surface area contributed by atoms with Crippen molar-refractivity contribution in [3.05, 3.63) is 35.4 Å². The average molecular weight is 342 g/mol. The van der Waals surface area contributed by atoms with Crippen molar-refractivity contribution in [1.82, 2.24) is 10.2 Å². The summed E-state index contributed by atoms with van der Waals surface area (Å²) in [6.45, 7) is 5.13. The van der Waals surface area contributed by atoms with Crippen LogP contribution in [0.1, 0.15) is 60.2 Å². The van der Waals surface area contributed by atoms with Crippen molar-refractivity contribution < 1.29 is 14.4 Å². The van der Waals surface area contributed by atoms with Gasteiger partial charge in [-0.2, -0.15) is 0 Å². The molecule has 3 rings (SSSR count). The minimum Gasteiger partial charge on any atom is -0.356 e. The highest BCUT2D eigenvalue weighted by Gasteiger charge is 2.39. The van der Waals surface area contributed by atoms with Gasteiger partial charge in [-0.1, -0.05) is 38.8 Å². The zero-order chi connectivity index (χ0) is 18.0. The number of fused-ring (bicyclic) bond motifs is 1. The number of nitrogens with zero attached hydrogens (tertiary/aromatic N) is 1. The molecular weight excluding hydrogens is 316 g/mol. The van der Waals surface area contributed by atoms with Crippen molar-refractivity contribution in [2.45, 2.75) is 39.5 Å². The first kappa shape index (κ1) is 17.6. The Bertz CT molecular complexity index is 648. The first-order chi connectivity index (χ1) is 12.0. The maximum absolute atomic E-state index is 12.6. The molecule has 134 valence electrons. The van der Waals surface area contributed by atoms with Crippen LogP contribution >= 0.6 is 0 Å². The largest absolute Gasteiger partial charge is 0.356 e. The Kier molecular flexibility index (Phi) is 5.21. The lowest BCUT2D eigenvalue weighted by Gasteiger charge is -2.33. The monoisotopic (exact) mass is 342 g/mol. The van der Waals surface area contributed by atoms with Gasteiger partial charge < -0.3 is 5.32 Å². The molecule has 0 saturated heterocycles. The van der Waals surface area contributed by atoms with Gasteiger partial charge in [-0.05, 0) is 36.8 Å². The molecule has 1 saturated carbocycles. The van der Waals surface area contributed by atoms with Gasteiger partial charge in [-0.3, -0.25) is 19.3 Å². The molecule has 1 N–H and O–H groups in total. The summed E-state index contributed by atoms with van der Waals surface area (Å²) in [5.41, 5.74) is 0.952. The van der Waals surface area contributed by atoms with Gasteiger partial charge in [0.2, 0.25) is 5.91 Å². The van der Waals surface area contributed by atoms with Gasteiger partial charge >= 0.3 is 0 Å². The molecule has 2 unspecified atom stereocenters. The van der Waals surface area contributed by atoms with Crippen LogP contribution in [0.3, 0.4) is 0 Å². The second kappa shape index (κ2) is 7.38. The van der Waals surface area contributed by atoms with Gasteiger partial charge in [0.25, 0.3) is 11.8 Å². The van der Waals surface area contributed by atoms with E-state index < -0.39 is 0 Å². The van der Waals surface area contributed by atoms with Crippen LogP contribution in [0.2, 0.25) is 0 Å². The van der Waals surface area contributed by atoms with Gasteiger partial charge in [-0.25, -0.2) is 0 Å². The molecule has 25 heavy (non-hydrogen) atoms. The normalized spacial score (nSPS) is 23.1. The van der Waals surface area contributed by atoms with E-state index in [0.29, 0.717) is 30.1 Å². The van der Waals surface area contributed by atoms with Crippen molar-refractivity contribution in [3.8, 4) is 0 Å². The predicted molar refractivity (Wildman–Crippen MR) is 95.1 cm³/mol. The van der Waals surface area contributed by atoms with E-state index >= 15 is 0 Å². The van der Waals surface area contributed by atoms with Crippen LogP contribution < -0.4 is 5.32 Å². The van der Waals surface area contributed by atoms with Crippen molar-refractivity contribution in [2.75, 3.05) is 13.1 Å². The first-order valence-electron chi connectivity index (χ1n) is 9.22. The van der Waals surface area contributed by atoms with E-state index in [2.05, 4.69) is 19.2 Å². The van der Waals surface area contributed by atoms with Crippen molar-refractivity contribution in [1.29, 1.82) is 0 Å². The molecule has 5 nitrogen and oxygen atoms in total. The van der Waals surface area contributed by atoms with Crippen molar-refractivity contribution in [2.24, 2.45) is 17.8 Å². The van der Waals surface area contributed by atoms with Gasteiger partial charge in [-0.15, -0.1) is 0 Å². The predicted octanol–water partition coefficient (Wildman–Crippen LogP) is 2.86. The van der Waals surface area contributed by atoms with E-state index in [1.54, 1.807) is 24.3 Å². The van der Waals surface area contributed by atoms with Crippen molar-refractivity contribution in [3.63, 3.8) is 0 Å². The van der Waals surface area contributed by atoms with E-state index in [1.165, 1.54) is 4.90 Å². The Balaban J connectivity index is 1.71. The highest BCUT2D eigenvalue weighted by atomic mass is 16.2. The summed E-state index contributed by atoms with van der Waals surface area (Å²) in [5, 5.41) is 3.02. The van der Waals surface area contributed by atoms with Crippen LogP contribution in [0.4, 0.5) is 0 Å². The molecule has 1 aliphatic heterocycles. The number of hydrogen-bond donors (Lipinski definition) is 1. The van der Waals surface area contributed by atoms with Crippen LogP contribution in [0.25, 0.3) is 0 Å². The second-order valence-electron chi connectivity index (χ2n) is 7.56. The number of imide groups is 1. The minimum absolute atomic E-state index is 0.0446. The number of benzene rings is 1. The van der Waals surface area contributed by atoms with Crippen LogP contribution in [0.15, 0.2) is 24.3 Å². The number of rotatable bonds is 5. The van der Waals surface area contributed by atoms with E-state index in [1.807, 2.05) is 0 Å². The van der Waals surface area contributed by atoms with Crippen LogP contribution in [-0.4, -0.2) is 35.7 Å². The van der Waals surface area contributed by atoms with Gasteiger partial charge in [0.05, 0.1) is 11.1 Å². The van der Waals surface area contributed by atoms with Crippen LogP contribution in [-0.2, 0) is 4.79 Å². The molecule has 0 radical (unpaired) electrons. The van der Waals surface area contributed by atoms with Gasteiger partial charge in [0.15, 0.2) is 0 Å². The highest BCUT2D eigenvalue weighted by molar-refractivity contribution is 6.21. The topological polar surface area (TPSA) is 66.5 Å². The van der Waals surface area contributed by atoms with Crippen LogP contribution in [0.5, 0.6) is 0 Å². The number of carbonyl (C=O) groups excluding carboxylic acids is 3. The quantitative estimate of drug-likeness (QED) is 0.837. The Morgan fingerprint density at radius 1 is 1.12 bits per heavy atom. The van der Waals surface area contributed by atoms with E-state index in [4.69, 9.17) is 0 Å². The Morgan fingerprint density at radius 3 is 2.32 bits per heavy atom. The van der Waals surface area contributed by atoms with Crippen LogP contribution in [0, 0.1) is 17.8 Å². The fourth-order valence-electron chi connectivity index (χ4n) is 3.85. The summed E-state index contributed by atoms with van der Waals surface area (Å²) in [6, 6.07) is 6.94. The fourth-order valence-corrected chi connectivity index (χ4v) is 3.85. The Hall–Kier alpha value is -2.17. The lowest BCUT2D eigenvalue weighted by atomic mass is 9.78. The molecule has 2 atom stereocenters. The molecule has 0 bridgehead atoms. The third-order valence-electron chi connectivity index (χ3n) is 5.23. The molecule has 1 aromatic carbocycles. The lowest BCUT2D eigenvalue weighted by molar-refractivity contribution is -0.128. The molecule has 0 aromatic heterocycles. The van der Waals surface area contributed by atoms with Gasteiger partial charge in [0, 0.05) is 19.0 Å². The average Bonchev–Trinajstić information content (AvgIpc) is 2.85. The summed E-state index contributed by atoms with van der Waals surface area (Å²) >= 11 is 0. The SMILES string of the molecule is CC(C)CNC(=O)C1CCCCC1CN1C(=O)c2ccccc2C1=O. The molecule has 2 aliphatic rings. The number of hydrogen-bond acceptors (Lipinski definition) is 3. The first-order valence-corrected chi connectivity index (χ1v) is 9.22. The zero-order valence-corrected chi connectivity index (χ0v) is 15.0. The number of carbonyl (C=O) groups is 3. The summed E-state index contributed by atoms with van der Waals surface area (Å²) in [5.74, 6) is -0.0582. The molecule has 1 aliphatic carbocycles. The minimum atomic E-state index is -0.229. The highest BCUT2D eigenvalue weighted by Crippen LogP contribution is 2.33. The zero-order valence-electron chi connectivity index (χ0n) is 15.0. The summed E-state index contributed by atoms with van der Waals surface area (Å²) in [4.78, 5) is 39.1. The Labute approximate surface area is 148 Å². The fraction of sp³-hybridized carbons (Fsp3) is 0.550. The molecule has 0 spiro atoms. The summed E-state index contributed by atoms with van der Waals surface area (Å²) in [7, 11) is 0. The third-order valence-corrected chi connectivity index (χ3v) is 5.23. The third kappa shape index (κ3) is 3.60. The maximum Gasteiger partial charge on any atom is 0.261 e. The lowest BCUT2D eigenvalue weighted by Crippen LogP contribution is -2.44. The van der Waals surface area contributed by atoms with E-state index in [0.717, 1.165) is 25.7 Å². The van der Waals surface area contributed by atoms with Gasteiger partial charge in [0.1, 0.15) is 0 Å².